The van der Waals surface area contributed by atoms with E-state index in [1.165, 1.54) is 0 Å². The van der Waals surface area contributed by atoms with Crippen molar-refractivity contribution in [1.82, 2.24) is 15.1 Å². The van der Waals surface area contributed by atoms with Crippen molar-refractivity contribution in [2.24, 2.45) is 5.92 Å². The Balaban J connectivity index is 1.65. The highest BCUT2D eigenvalue weighted by molar-refractivity contribution is 5.95. The van der Waals surface area contributed by atoms with E-state index >= 15 is 0 Å². The number of urea groups is 2. The van der Waals surface area contributed by atoms with Crippen molar-refractivity contribution < 1.29 is 9.59 Å². The first kappa shape index (κ1) is 17.5. The Morgan fingerprint density at radius 3 is 2.84 bits per heavy atom. The van der Waals surface area contributed by atoms with Crippen molar-refractivity contribution in [3.63, 3.8) is 0 Å². The maximum atomic E-state index is 12.6. The fourth-order valence-electron chi connectivity index (χ4n) is 3.75. The number of amides is 4. The first-order valence-electron chi connectivity index (χ1n) is 8.83. The minimum atomic E-state index is -0.107. The van der Waals surface area contributed by atoms with Crippen LogP contribution in [-0.2, 0) is 0 Å². The molecule has 2 heterocycles. The SMILES string of the molecule is C[C@H]1CN(C)CC[C@@H]1N(C)C(=O)Nc1cccc(N2CCNC2=O)c1. The van der Waals surface area contributed by atoms with Crippen molar-refractivity contribution >= 4 is 23.4 Å². The smallest absolute Gasteiger partial charge is 0.321 e. The topological polar surface area (TPSA) is 67.9 Å². The van der Waals surface area contributed by atoms with E-state index < -0.39 is 0 Å². The van der Waals surface area contributed by atoms with Crippen LogP contribution >= 0.6 is 0 Å². The molecule has 2 saturated heterocycles. The van der Waals surface area contributed by atoms with Gasteiger partial charge in [-0.25, -0.2) is 9.59 Å². The fourth-order valence-corrected chi connectivity index (χ4v) is 3.75. The first-order valence-corrected chi connectivity index (χ1v) is 8.83. The number of carbonyl (C=O) groups is 2. The number of carbonyl (C=O) groups excluding carboxylic acids is 2. The highest BCUT2D eigenvalue weighted by Gasteiger charge is 2.30. The van der Waals surface area contributed by atoms with Gasteiger partial charge in [-0.3, -0.25) is 4.90 Å². The minimum absolute atomic E-state index is 0.0965. The van der Waals surface area contributed by atoms with Crippen LogP contribution < -0.4 is 15.5 Å². The normalized spacial score (nSPS) is 24.1. The summed E-state index contributed by atoms with van der Waals surface area (Å²) < 4.78 is 0. The molecule has 2 N–H and O–H groups in total. The summed E-state index contributed by atoms with van der Waals surface area (Å²) in [5.41, 5.74) is 1.50. The van der Waals surface area contributed by atoms with Gasteiger partial charge in [0, 0.05) is 44.1 Å². The maximum absolute atomic E-state index is 12.6. The lowest BCUT2D eigenvalue weighted by Crippen LogP contribution is -2.50. The Labute approximate surface area is 149 Å². The molecular formula is C18H27N5O2. The van der Waals surface area contributed by atoms with Gasteiger partial charge >= 0.3 is 12.1 Å². The summed E-state index contributed by atoms with van der Waals surface area (Å²) in [7, 11) is 3.98. The van der Waals surface area contributed by atoms with Gasteiger partial charge in [0.1, 0.15) is 0 Å². The molecule has 0 unspecified atom stereocenters. The van der Waals surface area contributed by atoms with E-state index in [4.69, 9.17) is 0 Å². The number of rotatable bonds is 3. The fraction of sp³-hybridized carbons (Fsp3) is 0.556. The number of benzene rings is 1. The molecule has 0 spiro atoms. The van der Waals surface area contributed by atoms with Crippen LogP contribution in [0.15, 0.2) is 24.3 Å². The Hall–Kier alpha value is -2.28. The van der Waals surface area contributed by atoms with E-state index in [9.17, 15) is 9.59 Å². The quantitative estimate of drug-likeness (QED) is 0.881. The van der Waals surface area contributed by atoms with Gasteiger partial charge in [0.2, 0.25) is 0 Å². The van der Waals surface area contributed by atoms with Crippen LogP contribution in [-0.4, -0.2) is 68.2 Å². The summed E-state index contributed by atoms with van der Waals surface area (Å²) in [6.45, 7) is 5.49. The predicted molar refractivity (Wildman–Crippen MR) is 99.0 cm³/mol. The molecule has 7 nitrogen and oxygen atoms in total. The molecule has 0 radical (unpaired) electrons. The molecule has 136 valence electrons. The van der Waals surface area contributed by atoms with E-state index in [1.54, 1.807) is 4.90 Å². The second kappa shape index (κ2) is 7.31. The van der Waals surface area contributed by atoms with Gasteiger partial charge in [-0.2, -0.15) is 0 Å². The number of likely N-dealkylation sites (tertiary alicyclic amines) is 1. The van der Waals surface area contributed by atoms with E-state index in [0.717, 1.165) is 25.2 Å². The third kappa shape index (κ3) is 3.87. The molecule has 1 aromatic rings. The van der Waals surface area contributed by atoms with E-state index in [-0.39, 0.29) is 18.1 Å². The van der Waals surface area contributed by atoms with Gasteiger partial charge in [0.15, 0.2) is 0 Å². The summed E-state index contributed by atoms with van der Waals surface area (Å²) in [5, 5.41) is 5.75. The number of nitrogens with zero attached hydrogens (tertiary/aromatic N) is 3. The van der Waals surface area contributed by atoms with Crippen LogP contribution in [0.3, 0.4) is 0 Å². The Morgan fingerprint density at radius 2 is 2.16 bits per heavy atom. The monoisotopic (exact) mass is 345 g/mol. The van der Waals surface area contributed by atoms with Crippen molar-refractivity contribution in [1.29, 1.82) is 0 Å². The maximum Gasteiger partial charge on any atom is 0.321 e. The Morgan fingerprint density at radius 1 is 1.36 bits per heavy atom. The molecule has 0 aromatic heterocycles. The van der Waals surface area contributed by atoms with Crippen LogP contribution in [0, 0.1) is 5.92 Å². The highest BCUT2D eigenvalue weighted by Crippen LogP contribution is 2.23. The molecule has 2 fully saturated rings. The predicted octanol–water partition coefficient (Wildman–Crippen LogP) is 2.02. The Kier molecular flexibility index (Phi) is 5.13. The zero-order chi connectivity index (χ0) is 18.0. The van der Waals surface area contributed by atoms with E-state index in [0.29, 0.717) is 24.7 Å². The lowest BCUT2D eigenvalue weighted by Gasteiger charge is -2.39. The van der Waals surface area contributed by atoms with Crippen LogP contribution in [0.4, 0.5) is 21.0 Å². The molecule has 3 rings (SSSR count). The summed E-state index contributed by atoms with van der Waals surface area (Å²) in [4.78, 5) is 30.2. The zero-order valence-corrected chi connectivity index (χ0v) is 15.2. The average Bonchev–Trinajstić information content (AvgIpc) is 3.00. The van der Waals surface area contributed by atoms with Crippen molar-refractivity contribution in [3.8, 4) is 0 Å². The van der Waals surface area contributed by atoms with Gasteiger partial charge < -0.3 is 20.4 Å². The number of nitrogens with one attached hydrogen (secondary N) is 2. The molecule has 0 aliphatic carbocycles. The first-order chi connectivity index (χ1) is 12.0. The lowest BCUT2D eigenvalue weighted by atomic mass is 9.93. The number of hydrogen-bond acceptors (Lipinski definition) is 3. The third-order valence-electron chi connectivity index (χ3n) is 5.15. The summed E-state index contributed by atoms with van der Waals surface area (Å²) in [6.07, 6.45) is 0.982. The van der Waals surface area contributed by atoms with Crippen LogP contribution in [0.2, 0.25) is 0 Å². The summed E-state index contributed by atoms with van der Waals surface area (Å²) >= 11 is 0. The second-order valence-corrected chi connectivity index (χ2v) is 7.07. The van der Waals surface area contributed by atoms with Gasteiger partial charge in [0.25, 0.3) is 0 Å². The van der Waals surface area contributed by atoms with Crippen molar-refractivity contribution in [3.05, 3.63) is 24.3 Å². The van der Waals surface area contributed by atoms with Gasteiger partial charge in [-0.1, -0.05) is 13.0 Å². The van der Waals surface area contributed by atoms with Gasteiger partial charge in [-0.05, 0) is 44.1 Å². The Bertz CT molecular complexity index is 650. The third-order valence-corrected chi connectivity index (χ3v) is 5.15. The number of piperidine rings is 1. The highest BCUT2D eigenvalue weighted by atomic mass is 16.2. The molecule has 25 heavy (non-hydrogen) atoms. The van der Waals surface area contributed by atoms with Crippen LogP contribution in [0.25, 0.3) is 0 Å². The zero-order valence-electron chi connectivity index (χ0n) is 15.2. The molecule has 1 aromatic carbocycles. The minimum Gasteiger partial charge on any atom is -0.336 e. The van der Waals surface area contributed by atoms with Crippen LogP contribution in [0.5, 0.6) is 0 Å². The van der Waals surface area contributed by atoms with E-state index in [2.05, 4.69) is 29.5 Å². The molecule has 2 atom stereocenters. The van der Waals surface area contributed by atoms with Gasteiger partial charge in [0.05, 0.1) is 0 Å². The number of hydrogen-bond donors (Lipinski definition) is 2. The standard InChI is InChI=1S/C18H27N5O2/c1-13-12-21(2)9-7-16(13)22(3)18(25)20-14-5-4-6-15(11-14)23-10-8-19-17(23)24/h4-6,11,13,16H,7-10,12H2,1-3H3,(H,19,24)(H,20,25)/t13-,16-/m0/s1. The lowest BCUT2D eigenvalue weighted by molar-refractivity contribution is 0.113. The van der Waals surface area contributed by atoms with Crippen molar-refractivity contribution in [2.75, 3.05) is 50.5 Å². The van der Waals surface area contributed by atoms with E-state index in [1.807, 2.05) is 36.2 Å². The molecule has 7 heteroatoms. The molecule has 0 saturated carbocycles. The average molecular weight is 345 g/mol. The summed E-state index contributed by atoms with van der Waals surface area (Å²) in [6, 6.07) is 7.46. The molecule has 0 bridgehead atoms. The largest absolute Gasteiger partial charge is 0.336 e. The summed E-state index contributed by atoms with van der Waals surface area (Å²) in [5.74, 6) is 0.439. The molecule has 2 aliphatic heterocycles. The van der Waals surface area contributed by atoms with Crippen molar-refractivity contribution in [2.45, 2.75) is 19.4 Å². The molecule has 2 aliphatic rings. The molecule has 4 amide bonds. The number of anilines is 2. The van der Waals surface area contributed by atoms with Gasteiger partial charge in [-0.15, -0.1) is 0 Å². The van der Waals surface area contributed by atoms with Crippen LogP contribution in [0.1, 0.15) is 13.3 Å². The molecular weight excluding hydrogens is 318 g/mol. The second-order valence-electron chi connectivity index (χ2n) is 7.07.